The van der Waals surface area contributed by atoms with E-state index in [2.05, 4.69) is 5.32 Å². The number of hydrogen-bond acceptors (Lipinski definition) is 4. The maximum absolute atomic E-state index is 13.6. The van der Waals surface area contributed by atoms with Crippen LogP contribution in [0.5, 0.6) is 0 Å². The third kappa shape index (κ3) is 7.40. The topological polar surface area (TPSA) is 86.8 Å². The van der Waals surface area contributed by atoms with Gasteiger partial charge in [0.2, 0.25) is 15.9 Å². The molecule has 1 saturated heterocycles. The molecule has 1 heterocycles. The Kier molecular flexibility index (Phi) is 8.85. The van der Waals surface area contributed by atoms with E-state index in [-0.39, 0.29) is 30.7 Å². The van der Waals surface area contributed by atoms with E-state index in [0.29, 0.717) is 36.9 Å². The van der Waals surface area contributed by atoms with Crippen LogP contribution in [0.4, 0.5) is 4.39 Å². The van der Waals surface area contributed by atoms with Crippen LogP contribution in [0.2, 0.25) is 0 Å². The van der Waals surface area contributed by atoms with Gasteiger partial charge in [0.05, 0.1) is 6.26 Å². The van der Waals surface area contributed by atoms with Crippen LogP contribution < -0.4 is 5.32 Å². The van der Waals surface area contributed by atoms with Crippen molar-refractivity contribution >= 4 is 21.8 Å². The zero-order valence-electron chi connectivity index (χ0n) is 23.2. The van der Waals surface area contributed by atoms with Crippen molar-refractivity contribution in [2.24, 2.45) is 5.92 Å². The first-order chi connectivity index (χ1) is 19.7. The summed E-state index contributed by atoms with van der Waals surface area (Å²) in [6.45, 7) is 1.07. The summed E-state index contributed by atoms with van der Waals surface area (Å²) in [5.74, 6) is 0.157. The minimum Gasteiger partial charge on any atom is -0.340 e. The molecule has 0 spiro atoms. The number of benzene rings is 3. The van der Waals surface area contributed by atoms with Gasteiger partial charge in [-0.2, -0.15) is 4.31 Å². The number of rotatable bonds is 10. The largest absolute Gasteiger partial charge is 0.340 e. The predicted octanol–water partition coefficient (Wildman–Crippen LogP) is 4.67. The second-order valence-electron chi connectivity index (χ2n) is 11.0. The molecule has 7 nitrogen and oxygen atoms in total. The molecule has 3 aromatic rings. The molecule has 0 radical (unpaired) electrons. The standard InChI is InChI=1S/C32H36FN3O4S/c1-41(39,40)36-20-18-35(19-21-36)32(38)30(9-5-8-27-22-29(27)25-14-16-28(33)17-15-25)34-31(37)26-12-10-24(11-13-26)23-6-3-2-4-7-23/h2-4,6-7,10-17,27,29-30H,5,8-9,18-22H2,1H3,(H,34,37)/t27-,29+,30+/m1/s1. The van der Waals surface area contributed by atoms with Gasteiger partial charge in [0.1, 0.15) is 11.9 Å². The summed E-state index contributed by atoms with van der Waals surface area (Å²) in [5, 5.41) is 2.97. The lowest BCUT2D eigenvalue weighted by molar-refractivity contribution is -0.134. The van der Waals surface area contributed by atoms with Gasteiger partial charge in [0.15, 0.2) is 0 Å². The lowest BCUT2D eigenvalue weighted by Gasteiger charge is -2.35. The highest BCUT2D eigenvalue weighted by Crippen LogP contribution is 2.50. The van der Waals surface area contributed by atoms with Crippen molar-refractivity contribution in [1.29, 1.82) is 0 Å². The fraction of sp³-hybridized carbons (Fsp3) is 0.375. The molecule has 1 N–H and O–H groups in total. The first-order valence-corrected chi connectivity index (χ1v) is 16.0. The Labute approximate surface area is 241 Å². The zero-order valence-corrected chi connectivity index (χ0v) is 24.0. The smallest absolute Gasteiger partial charge is 0.251 e. The fourth-order valence-electron chi connectivity index (χ4n) is 5.67. The number of amides is 2. The summed E-state index contributed by atoms with van der Waals surface area (Å²) in [4.78, 5) is 28.5. The summed E-state index contributed by atoms with van der Waals surface area (Å²) < 4.78 is 38.5. The van der Waals surface area contributed by atoms with Gasteiger partial charge < -0.3 is 10.2 Å². The lowest BCUT2D eigenvalue weighted by Crippen LogP contribution is -2.55. The first kappa shape index (κ1) is 29.0. The molecular formula is C32H36FN3O4S. The van der Waals surface area contributed by atoms with Gasteiger partial charge in [-0.05, 0) is 72.1 Å². The van der Waals surface area contributed by atoms with Crippen molar-refractivity contribution in [3.8, 4) is 11.1 Å². The number of sulfonamides is 1. The minimum absolute atomic E-state index is 0.182. The third-order valence-corrected chi connectivity index (χ3v) is 9.47. The van der Waals surface area contributed by atoms with Gasteiger partial charge in [-0.25, -0.2) is 12.8 Å². The summed E-state index contributed by atoms with van der Waals surface area (Å²) in [6, 6.07) is 23.2. The normalized spacial score (nSPS) is 19.9. The molecule has 0 aromatic heterocycles. The molecule has 5 rings (SSSR count). The van der Waals surface area contributed by atoms with Crippen molar-refractivity contribution in [1.82, 2.24) is 14.5 Å². The number of carbonyl (C=O) groups excluding carboxylic acids is 2. The maximum atomic E-state index is 13.6. The van der Waals surface area contributed by atoms with E-state index in [1.807, 2.05) is 54.6 Å². The molecule has 216 valence electrons. The average molecular weight is 578 g/mol. The summed E-state index contributed by atoms with van der Waals surface area (Å²) in [7, 11) is -3.32. The van der Waals surface area contributed by atoms with Gasteiger partial charge in [0.25, 0.3) is 5.91 Å². The van der Waals surface area contributed by atoms with Gasteiger partial charge in [-0.15, -0.1) is 0 Å². The summed E-state index contributed by atoms with van der Waals surface area (Å²) in [5.41, 5.74) is 3.67. The molecule has 1 saturated carbocycles. The molecule has 2 aliphatic rings. The van der Waals surface area contributed by atoms with Crippen LogP contribution in [0.3, 0.4) is 0 Å². The predicted molar refractivity (Wildman–Crippen MR) is 157 cm³/mol. The lowest BCUT2D eigenvalue weighted by atomic mass is 10.0. The van der Waals surface area contributed by atoms with Crippen molar-refractivity contribution in [2.75, 3.05) is 32.4 Å². The number of nitrogens with one attached hydrogen (secondary N) is 1. The summed E-state index contributed by atoms with van der Waals surface area (Å²) in [6.07, 6.45) is 4.38. The van der Waals surface area contributed by atoms with Crippen LogP contribution in [0, 0.1) is 11.7 Å². The maximum Gasteiger partial charge on any atom is 0.251 e. The molecule has 0 bridgehead atoms. The third-order valence-electron chi connectivity index (χ3n) is 8.17. The second-order valence-corrected chi connectivity index (χ2v) is 13.0. The molecule has 9 heteroatoms. The Morgan fingerprint density at radius 3 is 2.17 bits per heavy atom. The highest BCUT2D eigenvalue weighted by atomic mass is 32.2. The fourth-order valence-corrected chi connectivity index (χ4v) is 6.50. The van der Waals surface area contributed by atoms with Gasteiger partial charge in [0, 0.05) is 31.7 Å². The van der Waals surface area contributed by atoms with E-state index >= 15 is 0 Å². The number of hydrogen-bond donors (Lipinski definition) is 1. The highest BCUT2D eigenvalue weighted by Gasteiger charge is 2.38. The molecule has 41 heavy (non-hydrogen) atoms. The monoisotopic (exact) mass is 577 g/mol. The van der Waals surface area contributed by atoms with Crippen LogP contribution in [0.15, 0.2) is 78.9 Å². The Balaban J connectivity index is 1.22. The number of nitrogens with zero attached hydrogens (tertiary/aromatic N) is 2. The second kappa shape index (κ2) is 12.5. The van der Waals surface area contributed by atoms with E-state index in [0.717, 1.165) is 36.0 Å². The average Bonchev–Trinajstić information content (AvgIpc) is 3.76. The van der Waals surface area contributed by atoms with Crippen molar-refractivity contribution < 1.29 is 22.4 Å². The van der Waals surface area contributed by atoms with Crippen LogP contribution in [0.25, 0.3) is 11.1 Å². The van der Waals surface area contributed by atoms with Gasteiger partial charge >= 0.3 is 0 Å². The molecule has 1 aliphatic heterocycles. The molecule has 2 amide bonds. The van der Waals surface area contributed by atoms with E-state index in [1.165, 1.54) is 22.7 Å². The van der Waals surface area contributed by atoms with E-state index in [1.54, 1.807) is 17.0 Å². The van der Waals surface area contributed by atoms with Gasteiger partial charge in [-0.3, -0.25) is 9.59 Å². The van der Waals surface area contributed by atoms with Crippen LogP contribution in [-0.2, 0) is 14.8 Å². The minimum atomic E-state index is -3.32. The Morgan fingerprint density at radius 1 is 0.902 bits per heavy atom. The van der Waals surface area contributed by atoms with Crippen LogP contribution in [-0.4, -0.2) is 67.9 Å². The quantitative estimate of drug-likeness (QED) is 0.380. The van der Waals surface area contributed by atoms with Crippen LogP contribution >= 0.6 is 0 Å². The molecule has 3 aromatic carbocycles. The van der Waals surface area contributed by atoms with Crippen LogP contribution in [0.1, 0.15) is 47.5 Å². The van der Waals surface area contributed by atoms with E-state index in [9.17, 15) is 22.4 Å². The Morgan fingerprint density at radius 2 is 1.54 bits per heavy atom. The first-order valence-electron chi connectivity index (χ1n) is 14.1. The number of carbonyl (C=O) groups is 2. The van der Waals surface area contributed by atoms with E-state index < -0.39 is 16.1 Å². The van der Waals surface area contributed by atoms with Crippen molar-refractivity contribution in [2.45, 2.75) is 37.6 Å². The molecule has 0 unspecified atom stereocenters. The Bertz CT molecular complexity index is 1460. The van der Waals surface area contributed by atoms with Crippen molar-refractivity contribution in [3.05, 3.63) is 95.8 Å². The number of piperazine rings is 1. The SMILES string of the molecule is CS(=O)(=O)N1CCN(C(=O)[C@H](CCC[C@@H]2C[C@H]2c2ccc(F)cc2)NC(=O)c2ccc(-c3ccccc3)cc2)CC1. The molecule has 2 fully saturated rings. The summed E-state index contributed by atoms with van der Waals surface area (Å²) >= 11 is 0. The van der Waals surface area contributed by atoms with Crippen molar-refractivity contribution in [3.63, 3.8) is 0 Å². The molecular weight excluding hydrogens is 541 g/mol. The Hall–Kier alpha value is -3.56. The number of halogens is 1. The molecule has 3 atom stereocenters. The zero-order chi connectivity index (χ0) is 29.0. The van der Waals surface area contributed by atoms with E-state index in [4.69, 9.17) is 0 Å². The highest BCUT2D eigenvalue weighted by molar-refractivity contribution is 7.88. The van der Waals surface area contributed by atoms with Gasteiger partial charge in [-0.1, -0.05) is 61.0 Å². The molecule has 1 aliphatic carbocycles.